The molecule has 0 fully saturated rings. The Morgan fingerprint density at radius 2 is 2.83 bits per heavy atom. The van der Waals surface area contributed by atoms with Crippen molar-refractivity contribution in [3.05, 3.63) is 12.1 Å². The molecule has 3 heteroatoms. The Labute approximate surface area is 83.7 Å². The van der Waals surface area contributed by atoms with Gasteiger partial charge in [0.25, 0.3) is 0 Å². The quantitative estimate of drug-likeness (QED) is 0.636. The van der Waals surface area contributed by atoms with Crippen molar-refractivity contribution >= 4 is 5.97 Å². The third-order valence-electron chi connectivity index (χ3n) is 1.29. The number of hydrogen-bond donors (Lipinski definition) is 2. The van der Waals surface area contributed by atoms with Crippen LogP contribution in [0.15, 0.2) is 12.1 Å². The van der Waals surface area contributed by atoms with E-state index in [0.29, 0.717) is 6.08 Å². The van der Waals surface area contributed by atoms with E-state index in [0.717, 1.165) is 6.92 Å². The maximum Gasteiger partial charge on any atom is 0.320 e. The van der Waals surface area contributed by atoms with Gasteiger partial charge in [0.2, 0.25) is 0 Å². The average molecular weight is 177 g/mol. The normalized spacial score (nSPS) is 54.6. The molecule has 0 amide bonds. The second kappa shape index (κ2) is 4.26. The molecule has 12 heavy (non-hydrogen) atoms. The highest BCUT2D eigenvalue weighted by Gasteiger charge is 2.15. The lowest BCUT2D eigenvalue weighted by atomic mass is 10.0. The third kappa shape index (κ3) is 2.66. The van der Waals surface area contributed by atoms with Crippen molar-refractivity contribution in [1.29, 1.82) is 0 Å². The molecular weight excluding hydrogens is 154 g/mol. The van der Waals surface area contributed by atoms with Crippen molar-refractivity contribution in [3.63, 3.8) is 0 Å². The van der Waals surface area contributed by atoms with Crippen LogP contribution in [0.4, 0.5) is 0 Å². The van der Waals surface area contributed by atoms with Gasteiger partial charge in [0.05, 0.1) is 2.74 Å². The lowest BCUT2D eigenvalue weighted by Gasteiger charge is -2.20. The maximum atomic E-state index is 10.8. The zero-order valence-electron chi connectivity index (χ0n) is 14.5. The molecule has 0 aliphatic heterocycles. The van der Waals surface area contributed by atoms with Gasteiger partial charge in [-0.2, -0.15) is 0 Å². The van der Waals surface area contributed by atoms with E-state index in [2.05, 4.69) is 5.32 Å². The lowest BCUT2D eigenvalue weighted by molar-refractivity contribution is -0.139. The van der Waals surface area contributed by atoms with Gasteiger partial charge in [-0.1, -0.05) is 12.1 Å². The fraction of sp³-hybridized carbons (Fsp3) is 0.667. The number of carboxylic acid groups (broad SMARTS) is 1. The first-order valence-electron chi connectivity index (χ1n) is 7.41. The van der Waals surface area contributed by atoms with Crippen LogP contribution in [0, 0.1) is 0 Å². The van der Waals surface area contributed by atoms with Crippen LogP contribution >= 0.6 is 0 Å². The predicted octanol–water partition coefficient (Wildman–Crippen LogP) is 1.16. The van der Waals surface area contributed by atoms with Crippen LogP contribution in [-0.2, 0) is 4.79 Å². The fourth-order valence-electron chi connectivity index (χ4n) is 0.652. The van der Waals surface area contributed by atoms with Gasteiger partial charge >= 0.3 is 5.97 Å². The zero-order valence-corrected chi connectivity index (χ0v) is 6.51. The molecule has 1 aliphatic rings. The molecule has 2 N–H and O–H groups in total. The topological polar surface area (TPSA) is 49.3 Å². The van der Waals surface area contributed by atoms with Crippen molar-refractivity contribution in [2.45, 2.75) is 38.1 Å². The molecule has 3 nitrogen and oxygen atoms in total. The van der Waals surface area contributed by atoms with E-state index in [1.807, 2.05) is 0 Å². The zero-order chi connectivity index (χ0) is 16.1. The second-order valence-corrected chi connectivity index (χ2v) is 2.28. The number of aliphatic carboxylic acids is 1. The van der Waals surface area contributed by atoms with Gasteiger partial charge in [-0.05, 0) is 26.0 Å². The molecule has 68 valence electrons. The Hall–Kier alpha value is -0.830. The molecule has 0 heterocycles. The van der Waals surface area contributed by atoms with Crippen LogP contribution in [0.5, 0.6) is 0 Å². The van der Waals surface area contributed by atoms with E-state index in [4.69, 9.17) is 16.1 Å². The summed E-state index contributed by atoms with van der Waals surface area (Å²) in [5.41, 5.74) is 0. The first-order chi connectivity index (χ1) is 8.71. The first-order valence-corrected chi connectivity index (χ1v) is 3.41. The Morgan fingerprint density at radius 3 is 3.50 bits per heavy atom. The monoisotopic (exact) mass is 177 g/mol. The number of rotatable bonds is 3. The molecule has 1 aliphatic carbocycles. The van der Waals surface area contributed by atoms with Gasteiger partial charge in [0, 0.05) is 14.2 Å². The number of allylic oxidation sites excluding steroid dienone is 1. The molecule has 1 rings (SSSR count). The Bertz CT molecular complexity index is 463. The molecule has 0 radical (unpaired) electrons. The summed E-state index contributed by atoms with van der Waals surface area (Å²) in [6, 6.07) is -4.85. The average Bonchev–Trinajstić information content (AvgIpc) is 2.26. The van der Waals surface area contributed by atoms with E-state index in [1.54, 1.807) is 0 Å². The van der Waals surface area contributed by atoms with Crippen molar-refractivity contribution in [2.75, 3.05) is 0 Å². The van der Waals surface area contributed by atoms with Crippen LogP contribution in [0.1, 0.15) is 37.0 Å². The van der Waals surface area contributed by atoms with Crippen LogP contribution in [0.2, 0.25) is 0 Å². The van der Waals surface area contributed by atoms with Crippen LogP contribution in [-0.4, -0.2) is 23.1 Å². The van der Waals surface area contributed by atoms with Gasteiger partial charge in [-0.25, -0.2) is 0 Å². The summed E-state index contributed by atoms with van der Waals surface area (Å²) in [6.45, 7) is 1.14. The summed E-state index contributed by atoms with van der Waals surface area (Å²) >= 11 is 0. The van der Waals surface area contributed by atoms with Crippen molar-refractivity contribution in [2.24, 2.45) is 0 Å². The number of carbonyl (C=O) groups is 1. The maximum absolute atomic E-state index is 10.8. The van der Waals surface area contributed by atoms with Crippen LogP contribution in [0.25, 0.3) is 0 Å². The molecule has 1 unspecified atom stereocenters. The summed E-state index contributed by atoms with van der Waals surface area (Å²) in [5, 5.41) is 10.9. The molecule has 0 aromatic heterocycles. The highest BCUT2D eigenvalue weighted by Crippen LogP contribution is 2.10. The number of hydrogen-bond acceptors (Lipinski definition) is 2. The summed E-state index contributed by atoms with van der Waals surface area (Å²) in [6.07, 6.45) is -8.61. The predicted molar refractivity (Wildman–Crippen MR) is 47.0 cm³/mol. The SMILES string of the molecule is [2H]C1=CC([2H])(N[C@@H](C)C(=O)O)C([2H])([2H])C([2H])([2H])C1([2H])[2H]. The molecule has 0 aromatic carbocycles. The molecule has 0 aromatic rings. The first kappa shape index (κ1) is 3.14. The second-order valence-electron chi connectivity index (χ2n) is 2.28. The lowest BCUT2D eigenvalue weighted by Crippen LogP contribution is -2.40. The smallest absolute Gasteiger partial charge is 0.320 e. The fourth-order valence-corrected chi connectivity index (χ4v) is 0.652. The van der Waals surface area contributed by atoms with E-state index in [1.165, 1.54) is 0 Å². The highest BCUT2D eigenvalue weighted by atomic mass is 16.4. The van der Waals surface area contributed by atoms with E-state index in [9.17, 15) is 4.79 Å². The molecular formula is C9H15NO2. The van der Waals surface area contributed by atoms with Crippen LogP contribution in [0.3, 0.4) is 0 Å². The third-order valence-corrected chi connectivity index (χ3v) is 1.29. The summed E-state index contributed by atoms with van der Waals surface area (Å²) < 4.78 is 61.2. The Balaban J connectivity index is 3.41. The van der Waals surface area contributed by atoms with Crippen LogP contribution < -0.4 is 5.32 Å². The van der Waals surface area contributed by atoms with Gasteiger partial charge in [-0.3, -0.25) is 10.1 Å². The van der Waals surface area contributed by atoms with Gasteiger partial charge in [0.1, 0.15) is 6.04 Å². The van der Waals surface area contributed by atoms with Gasteiger partial charge in [-0.15, -0.1) is 0 Å². The Morgan fingerprint density at radius 1 is 2.08 bits per heavy atom. The van der Waals surface area contributed by atoms with Gasteiger partial charge in [0.15, 0.2) is 0 Å². The summed E-state index contributed by atoms with van der Waals surface area (Å²) in [4.78, 5) is 10.8. The standard InChI is InChI=1S/C9H15NO2/c1-7(9(11)12)10-8-5-3-2-4-6-8/h3,5,7-8,10H,2,4,6H2,1H3,(H,11,12)/t7-,8?/m0/s1/i2D2,3D,4D2,6D2,8D. The van der Waals surface area contributed by atoms with Crippen molar-refractivity contribution in [3.8, 4) is 0 Å². The number of nitrogens with one attached hydrogen (secondary N) is 1. The largest absolute Gasteiger partial charge is 0.480 e. The molecule has 0 bridgehead atoms. The summed E-state index contributed by atoms with van der Waals surface area (Å²) in [7, 11) is 0. The minimum atomic E-state index is -3.18. The summed E-state index contributed by atoms with van der Waals surface area (Å²) in [5.74, 6) is -1.37. The van der Waals surface area contributed by atoms with Crippen molar-refractivity contribution < 1.29 is 20.9 Å². The Kier molecular flexibility index (Phi) is 1.12. The van der Waals surface area contributed by atoms with E-state index in [-0.39, 0.29) is 0 Å². The molecule has 0 saturated carbocycles. The molecule has 2 atom stereocenters. The van der Waals surface area contributed by atoms with E-state index >= 15 is 0 Å². The minimum absolute atomic E-state index is 0.577. The highest BCUT2D eigenvalue weighted by molar-refractivity contribution is 5.72. The molecule has 0 saturated heterocycles. The van der Waals surface area contributed by atoms with Gasteiger partial charge < -0.3 is 5.11 Å². The van der Waals surface area contributed by atoms with E-state index < -0.39 is 43.2 Å². The number of carboxylic acids is 1. The molecule has 0 spiro atoms. The minimum Gasteiger partial charge on any atom is -0.480 e. The van der Waals surface area contributed by atoms with Crippen molar-refractivity contribution in [1.82, 2.24) is 5.32 Å².